The summed E-state index contributed by atoms with van der Waals surface area (Å²) in [6, 6.07) is 2.67. The first-order chi connectivity index (χ1) is 10.3. The van der Waals surface area contributed by atoms with Crippen molar-refractivity contribution in [1.82, 2.24) is 4.90 Å². The zero-order valence-corrected chi connectivity index (χ0v) is 12.0. The van der Waals surface area contributed by atoms with E-state index < -0.39 is 23.7 Å². The highest BCUT2D eigenvalue weighted by atomic mass is 35.5. The fraction of sp³-hybridized carbons (Fsp3) is 0.385. The summed E-state index contributed by atoms with van der Waals surface area (Å²) in [6.07, 6.45) is -5.10. The number of nitrogens with zero attached hydrogens (tertiary/aromatic N) is 1. The Morgan fingerprint density at radius 2 is 2.14 bits per heavy atom. The van der Waals surface area contributed by atoms with Gasteiger partial charge in [0.2, 0.25) is 5.91 Å². The SMILES string of the molecule is O=C(CCN1CCOC1=O)Nc1cc(C(F)(F)F)ccc1Cl. The summed E-state index contributed by atoms with van der Waals surface area (Å²) in [5, 5.41) is 2.31. The number of alkyl halides is 3. The monoisotopic (exact) mass is 336 g/mol. The first kappa shape index (κ1) is 16.4. The van der Waals surface area contributed by atoms with Gasteiger partial charge in [-0.1, -0.05) is 11.6 Å². The minimum atomic E-state index is -4.52. The quantitative estimate of drug-likeness (QED) is 0.919. The molecule has 2 amide bonds. The summed E-state index contributed by atoms with van der Waals surface area (Å²) in [4.78, 5) is 24.3. The molecular formula is C13H12ClF3N2O3. The van der Waals surface area contributed by atoms with Crippen LogP contribution in [0.3, 0.4) is 0 Å². The Kier molecular flexibility index (Phi) is 4.80. The minimum absolute atomic E-state index is 0.00179. The second-order valence-electron chi connectivity index (χ2n) is 4.59. The second-order valence-corrected chi connectivity index (χ2v) is 5.00. The van der Waals surface area contributed by atoms with Crippen LogP contribution < -0.4 is 5.32 Å². The number of benzene rings is 1. The molecule has 5 nitrogen and oxygen atoms in total. The molecule has 0 aromatic heterocycles. The normalized spacial score (nSPS) is 14.9. The van der Waals surface area contributed by atoms with Crippen LogP contribution in [0.1, 0.15) is 12.0 Å². The summed E-state index contributed by atoms with van der Waals surface area (Å²) in [5.74, 6) is -0.541. The highest BCUT2D eigenvalue weighted by Crippen LogP contribution is 2.33. The van der Waals surface area contributed by atoms with Crippen LogP contribution in [0, 0.1) is 0 Å². The zero-order chi connectivity index (χ0) is 16.3. The summed E-state index contributed by atoms with van der Waals surface area (Å²) < 4.78 is 42.6. The lowest BCUT2D eigenvalue weighted by Gasteiger charge is -2.14. The van der Waals surface area contributed by atoms with Crippen molar-refractivity contribution in [1.29, 1.82) is 0 Å². The van der Waals surface area contributed by atoms with E-state index in [-0.39, 0.29) is 30.3 Å². The molecule has 1 aliphatic heterocycles. The van der Waals surface area contributed by atoms with Gasteiger partial charge >= 0.3 is 12.3 Å². The molecule has 1 aromatic rings. The van der Waals surface area contributed by atoms with Crippen LogP contribution in [-0.2, 0) is 15.7 Å². The van der Waals surface area contributed by atoms with E-state index in [9.17, 15) is 22.8 Å². The molecule has 0 aliphatic carbocycles. The van der Waals surface area contributed by atoms with Crippen LogP contribution in [0.25, 0.3) is 0 Å². The lowest BCUT2D eigenvalue weighted by Crippen LogP contribution is -2.28. The molecule has 1 N–H and O–H groups in total. The smallest absolute Gasteiger partial charge is 0.416 e. The Bertz CT molecular complexity index is 592. The largest absolute Gasteiger partial charge is 0.448 e. The van der Waals surface area contributed by atoms with Crippen molar-refractivity contribution in [3.63, 3.8) is 0 Å². The number of carbonyl (C=O) groups excluding carboxylic acids is 2. The molecule has 120 valence electrons. The number of cyclic esters (lactones) is 1. The standard InChI is InChI=1S/C13H12ClF3N2O3/c14-9-2-1-8(13(15,16)17)7-10(9)18-11(20)3-4-19-5-6-22-12(19)21/h1-2,7H,3-6H2,(H,18,20). The molecule has 1 heterocycles. The van der Waals surface area contributed by atoms with E-state index in [1.807, 2.05) is 0 Å². The van der Waals surface area contributed by atoms with E-state index in [1.54, 1.807) is 0 Å². The number of hydrogen-bond donors (Lipinski definition) is 1. The maximum absolute atomic E-state index is 12.6. The van der Waals surface area contributed by atoms with Gasteiger partial charge in [-0.05, 0) is 18.2 Å². The molecule has 0 unspecified atom stereocenters. The van der Waals surface area contributed by atoms with Crippen molar-refractivity contribution in [2.75, 3.05) is 25.0 Å². The topological polar surface area (TPSA) is 58.6 Å². The molecule has 0 radical (unpaired) electrons. The van der Waals surface area contributed by atoms with Crippen LogP contribution in [-0.4, -0.2) is 36.6 Å². The molecule has 0 spiro atoms. The maximum atomic E-state index is 12.6. The predicted octanol–water partition coefficient (Wildman–Crippen LogP) is 3.14. The van der Waals surface area contributed by atoms with Gasteiger partial charge in [-0.25, -0.2) is 4.79 Å². The zero-order valence-electron chi connectivity index (χ0n) is 11.2. The van der Waals surface area contributed by atoms with Gasteiger partial charge in [0, 0.05) is 13.0 Å². The summed E-state index contributed by atoms with van der Waals surface area (Å²) in [5.41, 5.74) is -1.03. The van der Waals surface area contributed by atoms with Gasteiger partial charge in [0.25, 0.3) is 0 Å². The third kappa shape index (κ3) is 4.03. The third-order valence-electron chi connectivity index (χ3n) is 3.02. The number of amides is 2. The predicted molar refractivity (Wildman–Crippen MR) is 72.6 cm³/mol. The molecule has 22 heavy (non-hydrogen) atoms. The number of halogens is 4. The van der Waals surface area contributed by atoms with Gasteiger partial charge in [-0.3, -0.25) is 4.79 Å². The van der Waals surface area contributed by atoms with Gasteiger partial charge in [0.05, 0.1) is 22.8 Å². The fourth-order valence-electron chi connectivity index (χ4n) is 1.88. The molecule has 0 atom stereocenters. The van der Waals surface area contributed by atoms with Crippen molar-refractivity contribution in [2.45, 2.75) is 12.6 Å². The first-order valence-electron chi connectivity index (χ1n) is 6.35. The maximum Gasteiger partial charge on any atom is 0.416 e. The van der Waals surface area contributed by atoms with Gasteiger partial charge in [0.1, 0.15) is 6.61 Å². The number of ether oxygens (including phenoxy) is 1. The van der Waals surface area contributed by atoms with Crippen molar-refractivity contribution < 1.29 is 27.5 Å². The van der Waals surface area contributed by atoms with E-state index in [0.29, 0.717) is 6.54 Å². The molecule has 0 bridgehead atoms. The van der Waals surface area contributed by atoms with Gasteiger partial charge < -0.3 is 15.0 Å². The van der Waals surface area contributed by atoms with Gasteiger partial charge in [-0.15, -0.1) is 0 Å². The molecule has 1 aromatic carbocycles. The Morgan fingerprint density at radius 3 is 2.73 bits per heavy atom. The Labute approximate surface area is 129 Å². The second kappa shape index (κ2) is 6.43. The van der Waals surface area contributed by atoms with E-state index in [1.165, 1.54) is 4.90 Å². The Hall–Kier alpha value is -1.96. The highest BCUT2D eigenvalue weighted by molar-refractivity contribution is 6.33. The van der Waals surface area contributed by atoms with Crippen molar-refractivity contribution in [3.05, 3.63) is 28.8 Å². The number of nitrogens with one attached hydrogen (secondary N) is 1. The van der Waals surface area contributed by atoms with E-state index in [4.69, 9.17) is 16.3 Å². The van der Waals surface area contributed by atoms with E-state index in [0.717, 1.165) is 18.2 Å². The van der Waals surface area contributed by atoms with Gasteiger partial charge in [-0.2, -0.15) is 13.2 Å². The number of hydrogen-bond acceptors (Lipinski definition) is 3. The fourth-order valence-corrected chi connectivity index (χ4v) is 2.04. The number of anilines is 1. The average Bonchev–Trinajstić information content (AvgIpc) is 2.83. The van der Waals surface area contributed by atoms with Crippen LogP contribution in [0.4, 0.5) is 23.7 Å². The summed E-state index contributed by atoms with van der Waals surface area (Å²) in [7, 11) is 0. The minimum Gasteiger partial charge on any atom is -0.448 e. The number of carbonyl (C=O) groups is 2. The van der Waals surface area contributed by atoms with Crippen LogP contribution >= 0.6 is 11.6 Å². The lowest BCUT2D eigenvalue weighted by molar-refractivity contribution is -0.137. The van der Waals surface area contributed by atoms with Crippen molar-refractivity contribution in [3.8, 4) is 0 Å². The molecule has 0 saturated carbocycles. The first-order valence-corrected chi connectivity index (χ1v) is 6.73. The molecule has 9 heteroatoms. The third-order valence-corrected chi connectivity index (χ3v) is 3.35. The lowest BCUT2D eigenvalue weighted by atomic mass is 10.2. The van der Waals surface area contributed by atoms with E-state index in [2.05, 4.69) is 5.32 Å². The molecular weight excluding hydrogens is 325 g/mol. The van der Waals surface area contributed by atoms with Crippen LogP contribution in [0.5, 0.6) is 0 Å². The van der Waals surface area contributed by atoms with Crippen molar-refractivity contribution in [2.24, 2.45) is 0 Å². The van der Waals surface area contributed by atoms with Gasteiger partial charge in [0.15, 0.2) is 0 Å². The molecule has 1 saturated heterocycles. The summed E-state index contributed by atoms with van der Waals surface area (Å²) in [6.45, 7) is 0.775. The van der Waals surface area contributed by atoms with E-state index >= 15 is 0 Å². The molecule has 1 aliphatic rings. The average molecular weight is 337 g/mol. The van der Waals surface area contributed by atoms with Crippen LogP contribution in [0.15, 0.2) is 18.2 Å². The Morgan fingerprint density at radius 1 is 1.41 bits per heavy atom. The Balaban J connectivity index is 1.97. The van der Waals surface area contributed by atoms with Crippen LogP contribution in [0.2, 0.25) is 5.02 Å². The summed E-state index contributed by atoms with van der Waals surface area (Å²) >= 11 is 5.77. The molecule has 1 fully saturated rings. The highest BCUT2D eigenvalue weighted by Gasteiger charge is 2.31. The molecule has 2 rings (SSSR count). The van der Waals surface area contributed by atoms with Crippen molar-refractivity contribution >= 4 is 29.3 Å². The number of rotatable bonds is 4.